The minimum absolute atomic E-state index is 0.211. The summed E-state index contributed by atoms with van der Waals surface area (Å²) in [6.07, 6.45) is 1.16. The Labute approximate surface area is 72.4 Å². The van der Waals surface area contributed by atoms with E-state index in [1.165, 1.54) is 12.1 Å². The summed E-state index contributed by atoms with van der Waals surface area (Å²) in [5.41, 5.74) is -0.910. The van der Waals surface area contributed by atoms with Gasteiger partial charge in [0, 0.05) is 6.20 Å². The van der Waals surface area contributed by atoms with Crippen molar-refractivity contribution in [2.24, 2.45) is 0 Å². The van der Waals surface area contributed by atoms with E-state index >= 15 is 0 Å². The lowest BCUT2D eigenvalue weighted by Gasteiger charge is -2.06. The summed E-state index contributed by atoms with van der Waals surface area (Å²) < 4.78 is 24.9. The van der Waals surface area contributed by atoms with Crippen molar-refractivity contribution in [2.45, 2.75) is 5.38 Å². The second-order valence-corrected chi connectivity index (χ2v) is 2.48. The van der Waals surface area contributed by atoms with Crippen molar-refractivity contribution in [3.8, 4) is 6.07 Å². The van der Waals surface area contributed by atoms with Gasteiger partial charge >= 0.3 is 5.38 Å². The highest BCUT2D eigenvalue weighted by molar-refractivity contribution is 6.21. The average Bonchev–Trinajstić information content (AvgIpc) is 2.03. The molecule has 1 heterocycles. The summed E-state index contributed by atoms with van der Waals surface area (Å²) in [5.74, 6) is 0. The average molecular weight is 189 g/mol. The van der Waals surface area contributed by atoms with E-state index in [-0.39, 0.29) is 5.56 Å². The maximum absolute atomic E-state index is 12.5. The summed E-state index contributed by atoms with van der Waals surface area (Å²) in [4.78, 5) is 3.32. The van der Waals surface area contributed by atoms with Gasteiger partial charge in [0.25, 0.3) is 0 Å². The summed E-state index contributed by atoms with van der Waals surface area (Å²) >= 11 is 4.70. The van der Waals surface area contributed by atoms with Crippen molar-refractivity contribution >= 4 is 11.6 Å². The molecule has 0 saturated heterocycles. The molecule has 62 valence electrons. The van der Waals surface area contributed by atoms with Gasteiger partial charge in [0.1, 0.15) is 11.8 Å². The van der Waals surface area contributed by atoms with Crippen LogP contribution in [0.5, 0.6) is 0 Å². The van der Waals surface area contributed by atoms with Crippen LogP contribution >= 0.6 is 11.6 Å². The van der Waals surface area contributed by atoms with Crippen molar-refractivity contribution in [1.82, 2.24) is 4.98 Å². The van der Waals surface area contributed by atoms with E-state index in [1.807, 2.05) is 0 Å². The van der Waals surface area contributed by atoms with E-state index < -0.39 is 11.1 Å². The Morgan fingerprint density at radius 2 is 2.25 bits per heavy atom. The lowest BCUT2D eigenvalue weighted by atomic mass is 10.2. The van der Waals surface area contributed by atoms with E-state index in [2.05, 4.69) is 4.98 Å². The van der Waals surface area contributed by atoms with Crippen LogP contribution in [0.1, 0.15) is 11.3 Å². The number of nitrogens with zero attached hydrogens (tertiary/aromatic N) is 2. The highest BCUT2D eigenvalue weighted by atomic mass is 35.5. The number of halogens is 3. The van der Waals surface area contributed by atoms with Crippen molar-refractivity contribution in [1.29, 1.82) is 5.26 Å². The molecule has 1 aromatic heterocycles. The third-order valence-corrected chi connectivity index (χ3v) is 1.38. The predicted molar refractivity (Wildman–Crippen MR) is 38.7 cm³/mol. The maximum atomic E-state index is 12.5. The van der Waals surface area contributed by atoms with E-state index in [9.17, 15) is 8.78 Å². The molecule has 1 aromatic rings. The smallest absolute Gasteiger partial charge is 0.252 e. The number of hydrogen-bond donors (Lipinski definition) is 0. The van der Waals surface area contributed by atoms with E-state index in [0.717, 1.165) is 6.20 Å². The van der Waals surface area contributed by atoms with Crippen LogP contribution in [-0.2, 0) is 5.38 Å². The first-order valence-corrected chi connectivity index (χ1v) is 3.36. The third-order valence-electron chi connectivity index (χ3n) is 1.20. The molecule has 0 aliphatic carbocycles. The van der Waals surface area contributed by atoms with Crippen molar-refractivity contribution in [2.75, 3.05) is 0 Å². The molecule has 0 aliphatic rings. The predicted octanol–water partition coefficient (Wildman–Crippen LogP) is 2.24. The fourth-order valence-electron chi connectivity index (χ4n) is 0.721. The van der Waals surface area contributed by atoms with Crippen LogP contribution in [-0.4, -0.2) is 4.98 Å². The van der Waals surface area contributed by atoms with Crippen LogP contribution < -0.4 is 0 Å². The maximum Gasteiger partial charge on any atom is 0.366 e. The van der Waals surface area contributed by atoms with Crippen LogP contribution in [0.3, 0.4) is 0 Å². The molecule has 0 spiro atoms. The summed E-state index contributed by atoms with van der Waals surface area (Å²) in [7, 11) is 0. The summed E-state index contributed by atoms with van der Waals surface area (Å²) in [5, 5.41) is 4.82. The number of alkyl halides is 3. The Morgan fingerprint density at radius 3 is 2.67 bits per heavy atom. The zero-order valence-corrected chi connectivity index (χ0v) is 6.52. The van der Waals surface area contributed by atoms with Crippen LogP contribution in [0.25, 0.3) is 0 Å². The molecule has 0 amide bonds. The van der Waals surface area contributed by atoms with Gasteiger partial charge in [-0.15, -0.1) is 0 Å². The minimum Gasteiger partial charge on any atom is -0.252 e. The van der Waals surface area contributed by atoms with Gasteiger partial charge in [0.2, 0.25) is 0 Å². The number of aromatic nitrogens is 1. The fraction of sp³-hybridized carbons (Fsp3) is 0.143. The molecule has 1 rings (SSSR count). The molecule has 2 nitrogen and oxygen atoms in total. The molecule has 0 saturated carbocycles. The SMILES string of the molecule is N#Cc1cccnc1C(F)(F)Cl. The van der Waals surface area contributed by atoms with Crippen molar-refractivity contribution in [3.63, 3.8) is 0 Å². The largest absolute Gasteiger partial charge is 0.366 e. The number of rotatable bonds is 1. The van der Waals surface area contributed by atoms with Crippen molar-refractivity contribution < 1.29 is 8.78 Å². The number of pyridine rings is 1. The highest BCUT2D eigenvalue weighted by Crippen LogP contribution is 2.32. The molecule has 0 radical (unpaired) electrons. The normalized spacial score (nSPS) is 10.8. The third kappa shape index (κ3) is 1.69. The second-order valence-electron chi connectivity index (χ2n) is 2.01. The Bertz CT molecular complexity index is 327. The van der Waals surface area contributed by atoms with Gasteiger partial charge in [-0.1, -0.05) is 0 Å². The number of nitriles is 1. The zero-order chi connectivity index (χ0) is 9.19. The molecular weight excluding hydrogens is 186 g/mol. The Hall–Kier alpha value is -1.21. The molecule has 5 heteroatoms. The Morgan fingerprint density at radius 1 is 1.58 bits per heavy atom. The molecule has 0 unspecified atom stereocenters. The molecule has 0 fully saturated rings. The van der Waals surface area contributed by atoms with Gasteiger partial charge < -0.3 is 0 Å². The molecule has 0 atom stereocenters. The molecular formula is C7H3ClF2N2. The van der Waals surface area contributed by atoms with Crippen molar-refractivity contribution in [3.05, 3.63) is 29.6 Å². The molecule has 0 aliphatic heterocycles. The molecule has 12 heavy (non-hydrogen) atoms. The molecule has 0 aromatic carbocycles. The lowest BCUT2D eigenvalue weighted by molar-refractivity contribution is 0.0896. The van der Waals surface area contributed by atoms with Crippen LogP contribution in [0.15, 0.2) is 18.3 Å². The van der Waals surface area contributed by atoms with Gasteiger partial charge in [0.05, 0.1) is 5.56 Å². The Kier molecular flexibility index (Phi) is 2.25. The first kappa shape index (κ1) is 8.88. The Balaban J connectivity index is 3.26. The standard InChI is InChI=1S/C7H3ClF2N2/c8-7(9,10)6-5(4-11)2-1-3-12-6/h1-3H. The van der Waals surface area contributed by atoms with Crippen LogP contribution in [0, 0.1) is 11.3 Å². The lowest BCUT2D eigenvalue weighted by Crippen LogP contribution is -2.08. The quantitative estimate of drug-likeness (QED) is 0.634. The first-order valence-electron chi connectivity index (χ1n) is 2.98. The van der Waals surface area contributed by atoms with Gasteiger partial charge in [-0.25, -0.2) is 0 Å². The second kappa shape index (κ2) is 3.03. The minimum atomic E-state index is -3.58. The van der Waals surface area contributed by atoms with Gasteiger partial charge in [-0.3, -0.25) is 4.98 Å². The van der Waals surface area contributed by atoms with E-state index in [1.54, 1.807) is 6.07 Å². The van der Waals surface area contributed by atoms with Crippen LogP contribution in [0.4, 0.5) is 8.78 Å². The fourth-order valence-corrected chi connectivity index (χ4v) is 0.872. The molecule has 0 N–H and O–H groups in total. The van der Waals surface area contributed by atoms with E-state index in [4.69, 9.17) is 16.9 Å². The van der Waals surface area contributed by atoms with E-state index in [0.29, 0.717) is 0 Å². The monoisotopic (exact) mass is 188 g/mol. The van der Waals surface area contributed by atoms with Gasteiger partial charge in [-0.2, -0.15) is 14.0 Å². The first-order chi connectivity index (χ1) is 5.55. The number of hydrogen-bond acceptors (Lipinski definition) is 2. The molecule has 0 bridgehead atoms. The van der Waals surface area contributed by atoms with Crippen LogP contribution in [0.2, 0.25) is 0 Å². The summed E-state index contributed by atoms with van der Waals surface area (Å²) in [6, 6.07) is 4.20. The highest BCUT2D eigenvalue weighted by Gasteiger charge is 2.32. The topological polar surface area (TPSA) is 36.7 Å². The zero-order valence-electron chi connectivity index (χ0n) is 5.76. The van der Waals surface area contributed by atoms with Gasteiger partial charge in [-0.05, 0) is 23.7 Å². The summed E-state index contributed by atoms with van der Waals surface area (Å²) in [6.45, 7) is 0. The van der Waals surface area contributed by atoms with Gasteiger partial charge in [0.15, 0.2) is 0 Å².